The molecule has 1 unspecified atom stereocenters. The first-order valence-corrected chi connectivity index (χ1v) is 10.4. The van der Waals surface area contributed by atoms with Gasteiger partial charge in [-0.1, -0.05) is 25.7 Å². The largest absolute Gasteiger partial charge is 0.493 e. The van der Waals surface area contributed by atoms with Gasteiger partial charge in [0.05, 0.1) is 6.26 Å². The van der Waals surface area contributed by atoms with Crippen LogP contribution in [0.15, 0.2) is 76.7 Å². The molecule has 0 aliphatic carbocycles. The first kappa shape index (κ1) is 24.1. The van der Waals surface area contributed by atoms with Crippen LogP contribution in [0.5, 0.6) is 0 Å². The van der Waals surface area contributed by atoms with E-state index in [-0.39, 0.29) is 17.8 Å². The summed E-state index contributed by atoms with van der Waals surface area (Å²) in [7, 11) is 2.07. The van der Waals surface area contributed by atoms with Gasteiger partial charge in [-0.25, -0.2) is 0 Å². The number of aliphatic imine (C=N–C) groups is 1. The summed E-state index contributed by atoms with van der Waals surface area (Å²) in [5, 5.41) is 5.92. The molecule has 0 fully saturated rings. The lowest BCUT2D eigenvalue weighted by Gasteiger charge is -2.13. The Bertz CT molecular complexity index is 849. The molecule has 2 rings (SSSR count). The lowest BCUT2D eigenvalue weighted by atomic mass is 10.1. The number of rotatable bonds is 13. The van der Waals surface area contributed by atoms with E-state index >= 15 is 0 Å². The van der Waals surface area contributed by atoms with E-state index < -0.39 is 0 Å². The zero-order valence-electron chi connectivity index (χ0n) is 18.3. The summed E-state index contributed by atoms with van der Waals surface area (Å²) < 4.78 is 10.9. The van der Waals surface area contributed by atoms with Crippen molar-refractivity contribution in [2.75, 3.05) is 33.2 Å². The smallest absolute Gasteiger partial charge is 0.290 e. The van der Waals surface area contributed by atoms with Crippen molar-refractivity contribution in [3.05, 3.63) is 78.8 Å². The Labute approximate surface area is 184 Å². The standard InChI is InChI=1S/C24H32N4O3/c1-4-25-16-18-28(3)17-6-5-13-26-14-15-27-24(29)23-11-10-21(31-23)8-7-9-22-20(2)12-19-30-22/h5-8,10-15,19,22,25H,2,4,9,16-18H2,1,3H3,(H,27,29)/b6-5+,8-7+,15-14+,26-13+. The number of carbonyl (C=O) groups is 1. The van der Waals surface area contributed by atoms with E-state index in [1.807, 2.05) is 30.4 Å². The van der Waals surface area contributed by atoms with E-state index in [1.54, 1.807) is 24.6 Å². The van der Waals surface area contributed by atoms with Crippen LogP contribution in [0, 0.1) is 0 Å². The monoisotopic (exact) mass is 424 g/mol. The van der Waals surface area contributed by atoms with Crippen molar-refractivity contribution in [3.63, 3.8) is 0 Å². The number of nitrogens with zero attached hydrogens (tertiary/aromatic N) is 2. The normalized spacial score (nSPS) is 16.6. The molecule has 0 saturated carbocycles. The number of furan rings is 1. The Morgan fingerprint density at radius 2 is 2.23 bits per heavy atom. The fourth-order valence-electron chi connectivity index (χ4n) is 2.66. The highest BCUT2D eigenvalue weighted by molar-refractivity contribution is 5.92. The summed E-state index contributed by atoms with van der Waals surface area (Å²) in [6, 6.07) is 3.38. The Hall–Kier alpha value is -3.16. The van der Waals surface area contributed by atoms with Crippen LogP contribution in [0.1, 0.15) is 29.7 Å². The highest BCUT2D eigenvalue weighted by atomic mass is 16.5. The van der Waals surface area contributed by atoms with Crippen molar-refractivity contribution >= 4 is 18.2 Å². The van der Waals surface area contributed by atoms with Crippen molar-refractivity contribution in [2.45, 2.75) is 19.4 Å². The second-order valence-corrected chi connectivity index (χ2v) is 6.97. The topological polar surface area (TPSA) is 79.1 Å². The predicted molar refractivity (Wildman–Crippen MR) is 126 cm³/mol. The van der Waals surface area contributed by atoms with E-state index in [2.05, 4.69) is 41.1 Å². The second kappa shape index (κ2) is 14.0. The fourth-order valence-corrected chi connectivity index (χ4v) is 2.66. The van der Waals surface area contributed by atoms with Gasteiger partial charge < -0.3 is 24.7 Å². The van der Waals surface area contributed by atoms with Gasteiger partial charge in [0.25, 0.3) is 5.91 Å². The van der Waals surface area contributed by atoms with Gasteiger partial charge in [0.1, 0.15) is 11.9 Å². The minimum atomic E-state index is -0.333. The maximum atomic E-state index is 12.1. The Kier molecular flexibility index (Phi) is 10.9. The highest BCUT2D eigenvalue weighted by Gasteiger charge is 2.13. The summed E-state index contributed by atoms with van der Waals surface area (Å²) in [5.74, 6) is 0.502. The number of amides is 1. The molecule has 1 aliphatic rings. The van der Waals surface area contributed by atoms with Gasteiger partial charge in [-0.05, 0) is 49.5 Å². The number of ether oxygens (including phenoxy) is 1. The van der Waals surface area contributed by atoms with Crippen LogP contribution in [0.4, 0.5) is 0 Å². The maximum Gasteiger partial charge on any atom is 0.290 e. The van der Waals surface area contributed by atoms with Crippen LogP contribution >= 0.6 is 0 Å². The van der Waals surface area contributed by atoms with Crippen LogP contribution in [0.2, 0.25) is 0 Å². The van der Waals surface area contributed by atoms with E-state index in [0.717, 1.165) is 31.8 Å². The van der Waals surface area contributed by atoms with Gasteiger partial charge in [-0.15, -0.1) is 0 Å². The quantitative estimate of drug-likeness (QED) is 0.374. The molecule has 7 nitrogen and oxygen atoms in total. The SMILES string of the molecule is C=C1C=COC1C/C=C/c1ccc(C(=O)N/C=C/N=C/C=C/CN(C)CCNCC)o1. The average Bonchev–Trinajstić information content (AvgIpc) is 3.39. The Morgan fingerprint density at radius 1 is 1.35 bits per heavy atom. The minimum absolute atomic E-state index is 0.0291. The summed E-state index contributed by atoms with van der Waals surface area (Å²) >= 11 is 0. The molecular formula is C24H32N4O3. The second-order valence-electron chi connectivity index (χ2n) is 6.97. The molecule has 1 atom stereocenters. The number of allylic oxidation sites excluding steroid dienone is 1. The van der Waals surface area contributed by atoms with Crippen LogP contribution in [-0.4, -0.2) is 56.4 Å². The minimum Gasteiger partial charge on any atom is -0.493 e. The van der Waals surface area contributed by atoms with Gasteiger partial charge >= 0.3 is 0 Å². The summed E-state index contributed by atoms with van der Waals surface area (Å²) in [5.41, 5.74) is 0.946. The van der Waals surface area contributed by atoms with E-state index in [0.29, 0.717) is 12.2 Å². The summed E-state index contributed by atoms with van der Waals surface area (Å²) in [6.45, 7) is 9.83. The summed E-state index contributed by atoms with van der Waals surface area (Å²) in [6.07, 6.45) is 16.5. The third kappa shape index (κ3) is 9.46. The molecule has 166 valence electrons. The Morgan fingerprint density at radius 3 is 3.00 bits per heavy atom. The molecule has 0 bridgehead atoms. The number of hydrogen-bond acceptors (Lipinski definition) is 6. The van der Waals surface area contributed by atoms with Crippen molar-refractivity contribution < 1.29 is 13.9 Å². The molecule has 1 amide bonds. The molecule has 0 aromatic carbocycles. The molecule has 1 aromatic rings. The van der Waals surface area contributed by atoms with Gasteiger partial charge in [0.2, 0.25) is 0 Å². The predicted octanol–water partition coefficient (Wildman–Crippen LogP) is 3.52. The average molecular weight is 425 g/mol. The number of carbonyl (C=O) groups excluding carboxylic acids is 1. The molecule has 7 heteroatoms. The first-order chi connectivity index (χ1) is 15.1. The van der Waals surface area contributed by atoms with E-state index in [1.165, 1.54) is 12.4 Å². The van der Waals surface area contributed by atoms with Gasteiger partial charge in [0.15, 0.2) is 5.76 Å². The molecule has 0 saturated heterocycles. The van der Waals surface area contributed by atoms with Crippen molar-refractivity contribution in [1.82, 2.24) is 15.5 Å². The van der Waals surface area contributed by atoms with Gasteiger partial charge in [-0.2, -0.15) is 0 Å². The maximum absolute atomic E-state index is 12.1. The third-order valence-corrected chi connectivity index (χ3v) is 4.44. The number of nitrogens with one attached hydrogen (secondary N) is 2. The van der Waals surface area contributed by atoms with E-state index in [4.69, 9.17) is 9.15 Å². The highest BCUT2D eigenvalue weighted by Crippen LogP contribution is 2.19. The van der Waals surface area contributed by atoms with Crippen LogP contribution in [0.3, 0.4) is 0 Å². The lowest BCUT2D eigenvalue weighted by Crippen LogP contribution is -2.29. The van der Waals surface area contributed by atoms with Crippen LogP contribution in [0.25, 0.3) is 6.08 Å². The zero-order chi connectivity index (χ0) is 22.3. The van der Waals surface area contributed by atoms with Crippen molar-refractivity contribution in [2.24, 2.45) is 4.99 Å². The molecule has 1 aromatic heterocycles. The molecule has 0 spiro atoms. The number of likely N-dealkylation sites (N-methyl/N-ethyl adjacent to an activating group) is 2. The Balaban J connectivity index is 1.65. The van der Waals surface area contributed by atoms with Gasteiger partial charge in [-0.3, -0.25) is 9.79 Å². The first-order valence-electron chi connectivity index (χ1n) is 10.4. The lowest BCUT2D eigenvalue weighted by molar-refractivity contribution is 0.0942. The van der Waals surface area contributed by atoms with Crippen molar-refractivity contribution in [1.29, 1.82) is 0 Å². The molecule has 31 heavy (non-hydrogen) atoms. The van der Waals surface area contributed by atoms with Crippen LogP contribution in [-0.2, 0) is 4.74 Å². The molecule has 2 N–H and O–H groups in total. The molecule has 1 aliphatic heterocycles. The van der Waals surface area contributed by atoms with Crippen LogP contribution < -0.4 is 10.6 Å². The van der Waals surface area contributed by atoms with Gasteiger partial charge in [0, 0.05) is 44.7 Å². The summed E-state index contributed by atoms with van der Waals surface area (Å²) in [4.78, 5) is 18.4. The van der Waals surface area contributed by atoms with Crippen molar-refractivity contribution in [3.8, 4) is 0 Å². The number of hydrogen-bond donors (Lipinski definition) is 2. The molecule has 0 radical (unpaired) electrons. The van der Waals surface area contributed by atoms with E-state index in [9.17, 15) is 4.79 Å². The fraction of sp³-hybridized carbons (Fsp3) is 0.333. The molecule has 2 heterocycles. The molecular weight excluding hydrogens is 392 g/mol. The third-order valence-electron chi connectivity index (χ3n) is 4.44. The zero-order valence-corrected chi connectivity index (χ0v) is 18.3.